The molecule has 1 atom stereocenters. The number of benzene rings is 1. The summed E-state index contributed by atoms with van der Waals surface area (Å²) in [6.45, 7) is 4.75. The maximum atomic E-state index is 5.89. The lowest BCUT2D eigenvalue weighted by Gasteiger charge is -2.06. The Kier molecular flexibility index (Phi) is 1.58. The van der Waals surface area contributed by atoms with Crippen molar-refractivity contribution >= 4 is 0 Å². The molecule has 0 aliphatic carbocycles. The summed E-state index contributed by atoms with van der Waals surface area (Å²) in [5.41, 5.74) is 9.50. The highest BCUT2D eigenvalue weighted by atomic mass is 16.5. The van der Waals surface area contributed by atoms with E-state index in [0.29, 0.717) is 6.61 Å². The zero-order chi connectivity index (χ0) is 8.72. The van der Waals surface area contributed by atoms with Crippen LogP contribution in [0.1, 0.15) is 22.7 Å². The largest absolute Gasteiger partial charge is 0.491 e. The fourth-order valence-corrected chi connectivity index (χ4v) is 1.72. The lowest BCUT2D eigenvalue weighted by Crippen LogP contribution is -2.11. The first-order chi connectivity index (χ1) is 5.70. The van der Waals surface area contributed by atoms with Gasteiger partial charge in [-0.05, 0) is 25.0 Å². The highest BCUT2D eigenvalue weighted by Gasteiger charge is 2.23. The lowest BCUT2D eigenvalue weighted by atomic mass is 10.0. The van der Waals surface area contributed by atoms with E-state index in [0.717, 1.165) is 5.75 Å². The quantitative estimate of drug-likeness (QED) is 0.631. The van der Waals surface area contributed by atoms with Crippen molar-refractivity contribution in [2.45, 2.75) is 19.9 Å². The van der Waals surface area contributed by atoms with Gasteiger partial charge >= 0.3 is 0 Å². The first-order valence-corrected chi connectivity index (χ1v) is 4.18. The second kappa shape index (κ2) is 2.49. The predicted octanol–water partition coefficient (Wildman–Crippen LogP) is 1.70. The Morgan fingerprint density at radius 3 is 2.67 bits per heavy atom. The molecule has 12 heavy (non-hydrogen) atoms. The summed E-state index contributed by atoms with van der Waals surface area (Å²) >= 11 is 0. The van der Waals surface area contributed by atoms with Gasteiger partial charge in [0.15, 0.2) is 0 Å². The van der Waals surface area contributed by atoms with Crippen LogP contribution < -0.4 is 10.5 Å². The van der Waals surface area contributed by atoms with Gasteiger partial charge in [0.1, 0.15) is 12.4 Å². The maximum absolute atomic E-state index is 5.89. The molecule has 0 fully saturated rings. The minimum atomic E-state index is 0.0694. The van der Waals surface area contributed by atoms with Crippen LogP contribution in [-0.2, 0) is 0 Å². The summed E-state index contributed by atoms with van der Waals surface area (Å²) in [5, 5.41) is 0. The number of rotatable bonds is 0. The van der Waals surface area contributed by atoms with Gasteiger partial charge < -0.3 is 10.5 Å². The molecule has 1 aromatic carbocycles. The molecule has 1 aromatic rings. The third-order valence-electron chi connectivity index (χ3n) is 2.39. The summed E-state index contributed by atoms with van der Waals surface area (Å²) < 4.78 is 5.50. The maximum Gasteiger partial charge on any atom is 0.127 e. The Hall–Kier alpha value is -1.02. The van der Waals surface area contributed by atoms with Crippen LogP contribution in [0.25, 0.3) is 0 Å². The number of hydrogen-bond donors (Lipinski definition) is 1. The molecular formula is C10H13NO. The molecule has 0 bridgehead atoms. The lowest BCUT2D eigenvalue weighted by molar-refractivity contribution is 0.331. The minimum absolute atomic E-state index is 0.0694. The van der Waals surface area contributed by atoms with Crippen molar-refractivity contribution in [3.63, 3.8) is 0 Å². The Morgan fingerprint density at radius 1 is 1.33 bits per heavy atom. The average molecular weight is 163 g/mol. The van der Waals surface area contributed by atoms with Crippen LogP contribution in [0, 0.1) is 13.8 Å². The molecule has 1 heterocycles. The summed E-state index contributed by atoms with van der Waals surface area (Å²) in [5.74, 6) is 1.00. The van der Waals surface area contributed by atoms with Crippen LogP contribution in [0.3, 0.4) is 0 Å². The number of ether oxygens (including phenoxy) is 1. The third-order valence-corrected chi connectivity index (χ3v) is 2.39. The summed E-state index contributed by atoms with van der Waals surface area (Å²) in [6, 6.07) is 4.24. The van der Waals surface area contributed by atoms with Crippen molar-refractivity contribution in [1.82, 2.24) is 0 Å². The van der Waals surface area contributed by atoms with Gasteiger partial charge in [-0.1, -0.05) is 12.1 Å². The molecule has 0 spiro atoms. The molecule has 2 rings (SSSR count). The van der Waals surface area contributed by atoms with E-state index in [1.807, 2.05) is 0 Å². The molecule has 64 valence electrons. The van der Waals surface area contributed by atoms with E-state index in [9.17, 15) is 0 Å². The van der Waals surface area contributed by atoms with Gasteiger partial charge in [-0.2, -0.15) is 0 Å². The van der Waals surface area contributed by atoms with E-state index in [1.54, 1.807) is 0 Å². The van der Waals surface area contributed by atoms with Gasteiger partial charge in [0, 0.05) is 5.56 Å². The van der Waals surface area contributed by atoms with Crippen molar-refractivity contribution in [3.8, 4) is 5.75 Å². The van der Waals surface area contributed by atoms with E-state index in [1.165, 1.54) is 16.7 Å². The molecule has 0 saturated heterocycles. The van der Waals surface area contributed by atoms with E-state index in [4.69, 9.17) is 10.5 Å². The topological polar surface area (TPSA) is 35.2 Å². The Morgan fingerprint density at radius 2 is 2.00 bits per heavy atom. The Balaban J connectivity index is 2.64. The average Bonchev–Trinajstić information content (AvgIpc) is 2.42. The fourth-order valence-electron chi connectivity index (χ4n) is 1.72. The van der Waals surface area contributed by atoms with Crippen LogP contribution in [0.15, 0.2) is 12.1 Å². The highest BCUT2D eigenvalue weighted by molar-refractivity contribution is 5.49. The minimum Gasteiger partial charge on any atom is -0.491 e. The van der Waals surface area contributed by atoms with Crippen molar-refractivity contribution < 1.29 is 4.74 Å². The molecule has 0 amide bonds. The normalized spacial score (nSPS) is 20.4. The Labute approximate surface area is 72.3 Å². The summed E-state index contributed by atoms with van der Waals surface area (Å²) in [7, 11) is 0. The standard InChI is InChI=1S/C10H13NO/c1-6-3-4-7(2)10-9(6)8(11)5-12-10/h3-4,8H,5,11H2,1-2H3/t8-/m1/s1. The van der Waals surface area contributed by atoms with Crippen LogP contribution in [0.2, 0.25) is 0 Å². The Bertz CT molecular complexity index is 320. The number of aryl methyl sites for hydroxylation is 2. The van der Waals surface area contributed by atoms with Crippen LogP contribution >= 0.6 is 0 Å². The van der Waals surface area contributed by atoms with Gasteiger partial charge in [0.2, 0.25) is 0 Å². The van der Waals surface area contributed by atoms with Crippen molar-refractivity contribution in [2.75, 3.05) is 6.61 Å². The molecule has 1 aliphatic rings. The van der Waals surface area contributed by atoms with E-state index < -0.39 is 0 Å². The molecule has 0 radical (unpaired) electrons. The SMILES string of the molecule is Cc1ccc(C)c2c1OC[C@H]2N. The molecular weight excluding hydrogens is 150 g/mol. The number of nitrogens with two attached hydrogens (primary N) is 1. The van der Waals surface area contributed by atoms with Gasteiger partial charge in [-0.15, -0.1) is 0 Å². The van der Waals surface area contributed by atoms with Crippen molar-refractivity contribution in [3.05, 3.63) is 28.8 Å². The predicted molar refractivity (Wildman–Crippen MR) is 48.3 cm³/mol. The van der Waals surface area contributed by atoms with E-state index in [2.05, 4.69) is 26.0 Å². The van der Waals surface area contributed by atoms with Gasteiger partial charge in [0.25, 0.3) is 0 Å². The second-order valence-electron chi connectivity index (χ2n) is 3.36. The van der Waals surface area contributed by atoms with Crippen molar-refractivity contribution in [2.24, 2.45) is 5.73 Å². The molecule has 1 aliphatic heterocycles. The molecule has 2 nitrogen and oxygen atoms in total. The fraction of sp³-hybridized carbons (Fsp3) is 0.400. The summed E-state index contributed by atoms with van der Waals surface area (Å²) in [4.78, 5) is 0. The van der Waals surface area contributed by atoms with Crippen LogP contribution in [0.4, 0.5) is 0 Å². The zero-order valence-corrected chi connectivity index (χ0v) is 7.42. The first-order valence-electron chi connectivity index (χ1n) is 4.18. The molecule has 0 unspecified atom stereocenters. The van der Waals surface area contributed by atoms with Crippen LogP contribution in [-0.4, -0.2) is 6.61 Å². The summed E-state index contributed by atoms with van der Waals surface area (Å²) in [6.07, 6.45) is 0. The van der Waals surface area contributed by atoms with Crippen molar-refractivity contribution in [1.29, 1.82) is 0 Å². The second-order valence-corrected chi connectivity index (χ2v) is 3.36. The number of fused-ring (bicyclic) bond motifs is 1. The highest BCUT2D eigenvalue weighted by Crippen LogP contribution is 2.36. The van der Waals surface area contributed by atoms with Crippen LogP contribution in [0.5, 0.6) is 5.75 Å². The number of hydrogen-bond acceptors (Lipinski definition) is 2. The van der Waals surface area contributed by atoms with E-state index >= 15 is 0 Å². The molecule has 2 N–H and O–H groups in total. The van der Waals surface area contributed by atoms with E-state index in [-0.39, 0.29) is 6.04 Å². The monoisotopic (exact) mass is 163 g/mol. The van der Waals surface area contributed by atoms with Gasteiger partial charge in [0.05, 0.1) is 6.04 Å². The first kappa shape index (κ1) is 7.62. The molecule has 0 saturated carbocycles. The van der Waals surface area contributed by atoms with Gasteiger partial charge in [-0.25, -0.2) is 0 Å². The van der Waals surface area contributed by atoms with Gasteiger partial charge in [-0.3, -0.25) is 0 Å². The molecule has 2 heteroatoms. The smallest absolute Gasteiger partial charge is 0.127 e. The zero-order valence-electron chi connectivity index (χ0n) is 7.42. The third kappa shape index (κ3) is 0.916. The molecule has 0 aromatic heterocycles.